The second-order valence-electron chi connectivity index (χ2n) is 3.86. The summed E-state index contributed by atoms with van der Waals surface area (Å²) >= 11 is 0. The van der Waals surface area contributed by atoms with Gasteiger partial charge in [-0.2, -0.15) is 13.2 Å². The normalized spacial score (nSPS) is 30.5. The van der Waals surface area contributed by atoms with Crippen LogP contribution in [0.2, 0.25) is 0 Å². The van der Waals surface area contributed by atoms with Crippen LogP contribution in [0.5, 0.6) is 0 Å². The molecule has 2 atom stereocenters. The molecule has 2 N–H and O–H groups in total. The van der Waals surface area contributed by atoms with Crippen LogP contribution in [0.15, 0.2) is 0 Å². The van der Waals surface area contributed by atoms with Crippen molar-refractivity contribution in [3.8, 4) is 0 Å². The van der Waals surface area contributed by atoms with Crippen molar-refractivity contribution in [2.75, 3.05) is 0 Å². The fourth-order valence-electron chi connectivity index (χ4n) is 1.94. The highest BCUT2D eigenvalue weighted by atomic mass is 19.4. The Balaban J connectivity index is 2.27. The van der Waals surface area contributed by atoms with Gasteiger partial charge in [0, 0.05) is 12.5 Å². The van der Waals surface area contributed by atoms with Gasteiger partial charge < -0.3 is 5.73 Å². The van der Waals surface area contributed by atoms with Gasteiger partial charge in [0.05, 0.1) is 0 Å². The smallest absolute Gasteiger partial charge is 0.327 e. The lowest BCUT2D eigenvalue weighted by Gasteiger charge is -2.28. The van der Waals surface area contributed by atoms with Crippen molar-refractivity contribution in [1.29, 1.82) is 0 Å². The predicted octanol–water partition coefficient (Wildman–Crippen LogP) is 2.85. The summed E-state index contributed by atoms with van der Waals surface area (Å²) in [5.41, 5.74) is 5.74. The minimum absolute atomic E-state index is 0.00361. The maximum absolute atomic E-state index is 11.9. The quantitative estimate of drug-likeness (QED) is 0.720. The van der Waals surface area contributed by atoms with E-state index in [0.29, 0.717) is 0 Å². The molecule has 0 amide bonds. The molecule has 78 valence electrons. The summed E-state index contributed by atoms with van der Waals surface area (Å²) in [7, 11) is 0. The van der Waals surface area contributed by atoms with Crippen molar-refractivity contribution < 1.29 is 13.2 Å². The molecule has 0 heterocycles. The van der Waals surface area contributed by atoms with Gasteiger partial charge in [-0.15, -0.1) is 0 Å². The van der Waals surface area contributed by atoms with E-state index in [9.17, 15) is 13.2 Å². The molecular weight excluding hydrogens is 179 g/mol. The zero-order valence-electron chi connectivity index (χ0n) is 7.61. The van der Waals surface area contributed by atoms with Gasteiger partial charge in [-0.1, -0.05) is 12.8 Å². The third-order valence-corrected chi connectivity index (χ3v) is 2.77. The predicted molar refractivity (Wildman–Crippen MR) is 45.2 cm³/mol. The molecule has 0 aromatic carbocycles. The summed E-state index contributed by atoms with van der Waals surface area (Å²) in [4.78, 5) is 0. The van der Waals surface area contributed by atoms with E-state index in [1.54, 1.807) is 0 Å². The fraction of sp³-hybridized carbons (Fsp3) is 1.00. The number of hydrogen-bond donors (Lipinski definition) is 1. The van der Waals surface area contributed by atoms with Crippen LogP contribution >= 0.6 is 0 Å². The van der Waals surface area contributed by atoms with Crippen molar-refractivity contribution >= 4 is 0 Å². The Labute approximate surface area is 76.5 Å². The van der Waals surface area contributed by atoms with Gasteiger partial charge in [0.2, 0.25) is 0 Å². The Kier molecular flexibility index (Phi) is 3.59. The first kappa shape index (κ1) is 10.8. The van der Waals surface area contributed by atoms with Crippen molar-refractivity contribution in [2.45, 2.75) is 50.7 Å². The summed E-state index contributed by atoms with van der Waals surface area (Å²) in [5.74, 6) is 0.0929. The van der Waals surface area contributed by atoms with Crippen LogP contribution in [0, 0.1) is 5.92 Å². The van der Waals surface area contributed by atoms with E-state index in [0.717, 1.165) is 25.7 Å². The van der Waals surface area contributed by atoms with E-state index >= 15 is 0 Å². The average Bonchev–Trinajstić information content (AvgIpc) is 2.01. The van der Waals surface area contributed by atoms with Gasteiger partial charge in [0.15, 0.2) is 0 Å². The molecule has 0 aliphatic heterocycles. The summed E-state index contributed by atoms with van der Waals surface area (Å²) in [5, 5.41) is 0. The van der Waals surface area contributed by atoms with Gasteiger partial charge in [0.25, 0.3) is 0 Å². The summed E-state index contributed by atoms with van der Waals surface area (Å²) < 4.78 is 35.7. The topological polar surface area (TPSA) is 26.0 Å². The molecule has 0 aromatic rings. The number of hydrogen-bond acceptors (Lipinski definition) is 1. The lowest BCUT2D eigenvalue weighted by Crippen LogP contribution is -2.33. The molecule has 1 fully saturated rings. The SMILES string of the molecule is NC1CCCCC1CCC(F)(F)F. The van der Waals surface area contributed by atoms with Crippen molar-refractivity contribution in [2.24, 2.45) is 11.7 Å². The van der Waals surface area contributed by atoms with E-state index in [4.69, 9.17) is 5.73 Å². The number of alkyl halides is 3. The van der Waals surface area contributed by atoms with E-state index < -0.39 is 12.6 Å². The van der Waals surface area contributed by atoms with Gasteiger partial charge in [-0.3, -0.25) is 0 Å². The first-order chi connectivity index (χ1) is 5.99. The lowest BCUT2D eigenvalue weighted by molar-refractivity contribution is -0.138. The largest absolute Gasteiger partial charge is 0.389 e. The molecule has 0 saturated heterocycles. The molecular formula is C9H16F3N. The van der Waals surface area contributed by atoms with Crippen LogP contribution < -0.4 is 5.73 Å². The highest BCUT2D eigenvalue weighted by Crippen LogP contribution is 2.31. The Morgan fingerprint density at radius 2 is 1.77 bits per heavy atom. The average molecular weight is 195 g/mol. The molecule has 0 spiro atoms. The minimum Gasteiger partial charge on any atom is -0.327 e. The summed E-state index contributed by atoms with van der Waals surface area (Å²) in [6.45, 7) is 0. The molecule has 1 aliphatic rings. The minimum atomic E-state index is -4.02. The van der Waals surface area contributed by atoms with E-state index in [2.05, 4.69) is 0 Å². The molecule has 4 heteroatoms. The molecule has 1 rings (SSSR count). The molecule has 13 heavy (non-hydrogen) atoms. The highest BCUT2D eigenvalue weighted by Gasteiger charge is 2.30. The molecule has 0 aromatic heterocycles. The van der Waals surface area contributed by atoms with Crippen molar-refractivity contribution in [1.82, 2.24) is 0 Å². The lowest BCUT2D eigenvalue weighted by atomic mass is 9.82. The third kappa shape index (κ3) is 3.98. The second kappa shape index (κ2) is 4.31. The second-order valence-corrected chi connectivity index (χ2v) is 3.86. The Morgan fingerprint density at radius 3 is 2.31 bits per heavy atom. The first-order valence-corrected chi connectivity index (χ1v) is 4.81. The Bertz CT molecular complexity index is 155. The standard InChI is InChI=1S/C9H16F3N/c10-9(11,12)6-5-7-3-1-2-4-8(7)13/h7-8H,1-6,13H2. The molecule has 0 radical (unpaired) electrons. The van der Waals surface area contributed by atoms with E-state index in [-0.39, 0.29) is 18.4 Å². The Morgan fingerprint density at radius 1 is 1.15 bits per heavy atom. The Hall–Kier alpha value is -0.250. The first-order valence-electron chi connectivity index (χ1n) is 4.81. The maximum Gasteiger partial charge on any atom is 0.389 e. The van der Waals surface area contributed by atoms with Gasteiger partial charge >= 0.3 is 6.18 Å². The van der Waals surface area contributed by atoms with Crippen LogP contribution in [-0.4, -0.2) is 12.2 Å². The van der Waals surface area contributed by atoms with Gasteiger partial charge in [-0.25, -0.2) is 0 Å². The molecule has 2 unspecified atom stereocenters. The summed E-state index contributed by atoms with van der Waals surface area (Å²) in [6.07, 6.45) is -0.604. The number of rotatable bonds is 2. The van der Waals surface area contributed by atoms with E-state index in [1.807, 2.05) is 0 Å². The monoisotopic (exact) mass is 195 g/mol. The van der Waals surface area contributed by atoms with Crippen LogP contribution in [-0.2, 0) is 0 Å². The van der Waals surface area contributed by atoms with Gasteiger partial charge in [-0.05, 0) is 25.2 Å². The zero-order valence-corrected chi connectivity index (χ0v) is 7.61. The number of halogens is 3. The molecule has 1 aliphatic carbocycles. The van der Waals surface area contributed by atoms with Crippen LogP contribution in [0.3, 0.4) is 0 Å². The number of nitrogens with two attached hydrogens (primary N) is 1. The van der Waals surface area contributed by atoms with Gasteiger partial charge in [0.1, 0.15) is 0 Å². The van der Waals surface area contributed by atoms with Crippen LogP contribution in [0.1, 0.15) is 38.5 Å². The molecule has 1 nitrogen and oxygen atoms in total. The van der Waals surface area contributed by atoms with Crippen LogP contribution in [0.25, 0.3) is 0 Å². The van der Waals surface area contributed by atoms with Crippen molar-refractivity contribution in [3.05, 3.63) is 0 Å². The fourth-order valence-corrected chi connectivity index (χ4v) is 1.94. The molecule has 1 saturated carbocycles. The zero-order chi connectivity index (χ0) is 9.90. The van der Waals surface area contributed by atoms with E-state index in [1.165, 1.54) is 0 Å². The van der Waals surface area contributed by atoms with Crippen molar-refractivity contribution in [3.63, 3.8) is 0 Å². The van der Waals surface area contributed by atoms with Crippen LogP contribution in [0.4, 0.5) is 13.2 Å². The maximum atomic E-state index is 11.9. The summed E-state index contributed by atoms with van der Waals surface area (Å²) in [6, 6.07) is -0.00361. The third-order valence-electron chi connectivity index (χ3n) is 2.77. The molecule has 0 bridgehead atoms. The highest BCUT2D eigenvalue weighted by molar-refractivity contribution is 4.78.